The minimum absolute atomic E-state index is 0.0632. The smallest absolute Gasteiger partial charge is 0.229 e. The number of aryl methyl sites for hydroxylation is 2. The van der Waals surface area contributed by atoms with E-state index in [1.54, 1.807) is 11.3 Å². The Morgan fingerprint density at radius 1 is 1.44 bits per heavy atom. The lowest BCUT2D eigenvalue weighted by atomic mass is 9.79. The van der Waals surface area contributed by atoms with E-state index in [1.165, 1.54) is 6.42 Å². The molecule has 1 aromatic rings. The Balaban J connectivity index is 2.02. The molecule has 100 valence electrons. The largest absolute Gasteiger partial charge is 0.330 e. The third-order valence-corrected chi connectivity index (χ3v) is 4.80. The Kier molecular flexibility index (Phi) is 4.35. The van der Waals surface area contributed by atoms with Crippen molar-refractivity contribution in [2.24, 2.45) is 17.6 Å². The van der Waals surface area contributed by atoms with Crippen LogP contribution in [0.5, 0.6) is 0 Å². The summed E-state index contributed by atoms with van der Waals surface area (Å²) in [7, 11) is 0. The molecule has 1 aliphatic carbocycles. The van der Waals surface area contributed by atoms with Gasteiger partial charge >= 0.3 is 0 Å². The van der Waals surface area contributed by atoms with Crippen LogP contribution in [0.2, 0.25) is 0 Å². The van der Waals surface area contributed by atoms with Gasteiger partial charge in [0.15, 0.2) is 5.13 Å². The van der Waals surface area contributed by atoms with Gasteiger partial charge in [0.25, 0.3) is 0 Å². The molecule has 1 amide bonds. The van der Waals surface area contributed by atoms with E-state index in [1.807, 2.05) is 13.8 Å². The summed E-state index contributed by atoms with van der Waals surface area (Å²) in [6.45, 7) is 4.59. The van der Waals surface area contributed by atoms with E-state index in [0.717, 1.165) is 35.0 Å². The zero-order valence-corrected chi connectivity index (χ0v) is 11.8. The van der Waals surface area contributed by atoms with E-state index >= 15 is 0 Å². The number of nitrogens with zero attached hydrogens (tertiary/aromatic N) is 1. The van der Waals surface area contributed by atoms with E-state index in [9.17, 15) is 4.79 Å². The molecule has 1 aromatic heterocycles. The van der Waals surface area contributed by atoms with Gasteiger partial charge in [-0.25, -0.2) is 4.98 Å². The maximum atomic E-state index is 12.3. The summed E-state index contributed by atoms with van der Waals surface area (Å²) in [6.07, 6.45) is 4.35. The average molecular weight is 267 g/mol. The lowest BCUT2D eigenvalue weighted by molar-refractivity contribution is -0.122. The SMILES string of the molecule is Cc1nc(NC(=O)C2CCCCC2CN)sc1C. The first kappa shape index (κ1) is 13.5. The lowest BCUT2D eigenvalue weighted by Crippen LogP contribution is -2.35. The fourth-order valence-corrected chi connectivity index (χ4v) is 3.38. The predicted molar refractivity (Wildman–Crippen MR) is 74.7 cm³/mol. The second-order valence-corrected chi connectivity index (χ2v) is 6.24. The fourth-order valence-electron chi connectivity index (χ4n) is 2.56. The molecular weight excluding hydrogens is 246 g/mol. The summed E-state index contributed by atoms with van der Waals surface area (Å²) in [5.74, 6) is 0.494. The molecule has 1 saturated carbocycles. The summed E-state index contributed by atoms with van der Waals surface area (Å²) >= 11 is 1.54. The van der Waals surface area contributed by atoms with E-state index in [-0.39, 0.29) is 11.8 Å². The maximum absolute atomic E-state index is 12.3. The average Bonchev–Trinajstić information content (AvgIpc) is 2.68. The van der Waals surface area contributed by atoms with Gasteiger partial charge in [-0.15, -0.1) is 11.3 Å². The van der Waals surface area contributed by atoms with Crippen molar-refractivity contribution in [1.29, 1.82) is 0 Å². The number of thiazole rings is 1. The van der Waals surface area contributed by atoms with Gasteiger partial charge in [0, 0.05) is 10.8 Å². The highest BCUT2D eigenvalue weighted by molar-refractivity contribution is 7.15. The van der Waals surface area contributed by atoms with Crippen molar-refractivity contribution in [1.82, 2.24) is 4.98 Å². The van der Waals surface area contributed by atoms with Crippen LogP contribution in [0.25, 0.3) is 0 Å². The number of rotatable bonds is 3. The number of carbonyl (C=O) groups excluding carboxylic acids is 1. The van der Waals surface area contributed by atoms with Gasteiger partial charge in [0.2, 0.25) is 5.91 Å². The van der Waals surface area contributed by atoms with Crippen LogP contribution in [0.1, 0.15) is 36.3 Å². The molecule has 2 atom stereocenters. The van der Waals surface area contributed by atoms with Crippen LogP contribution in [0.3, 0.4) is 0 Å². The van der Waals surface area contributed by atoms with Crippen molar-refractivity contribution >= 4 is 22.4 Å². The van der Waals surface area contributed by atoms with Crippen molar-refractivity contribution in [2.75, 3.05) is 11.9 Å². The molecule has 2 rings (SSSR count). The van der Waals surface area contributed by atoms with E-state index in [2.05, 4.69) is 10.3 Å². The number of nitrogens with one attached hydrogen (secondary N) is 1. The quantitative estimate of drug-likeness (QED) is 0.884. The molecule has 1 heterocycles. The molecule has 1 fully saturated rings. The number of hydrogen-bond donors (Lipinski definition) is 2. The molecule has 2 unspecified atom stereocenters. The summed E-state index contributed by atoms with van der Waals surface area (Å²) in [5, 5.41) is 3.67. The minimum Gasteiger partial charge on any atom is -0.330 e. The first-order chi connectivity index (χ1) is 8.61. The van der Waals surface area contributed by atoms with Crippen LogP contribution in [0.4, 0.5) is 5.13 Å². The molecule has 5 heteroatoms. The number of anilines is 1. The number of amides is 1. The second kappa shape index (κ2) is 5.80. The van der Waals surface area contributed by atoms with Crippen LogP contribution in [-0.4, -0.2) is 17.4 Å². The van der Waals surface area contributed by atoms with Crippen LogP contribution in [0, 0.1) is 25.7 Å². The molecule has 0 saturated heterocycles. The van der Waals surface area contributed by atoms with Gasteiger partial charge in [0.05, 0.1) is 5.69 Å². The van der Waals surface area contributed by atoms with Crippen molar-refractivity contribution in [3.05, 3.63) is 10.6 Å². The molecule has 0 aromatic carbocycles. The monoisotopic (exact) mass is 267 g/mol. The molecule has 0 bridgehead atoms. The summed E-state index contributed by atoms with van der Waals surface area (Å²) < 4.78 is 0. The third-order valence-electron chi connectivity index (χ3n) is 3.81. The maximum Gasteiger partial charge on any atom is 0.229 e. The highest BCUT2D eigenvalue weighted by atomic mass is 32.1. The highest BCUT2D eigenvalue weighted by Crippen LogP contribution is 2.31. The van der Waals surface area contributed by atoms with Gasteiger partial charge < -0.3 is 11.1 Å². The van der Waals surface area contributed by atoms with Crippen molar-refractivity contribution in [3.63, 3.8) is 0 Å². The van der Waals surface area contributed by atoms with Gasteiger partial charge in [-0.2, -0.15) is 0 Å². The normalized spacial score (nSPS) is 23.9. The van der Waals surface area contributed by atoms with Crippen molar-refractivity contribution in [2.45, 2.75) is 39.5 Å². The summed E-state index contributed by atoms with van der Waals surface area (Å²) in [6, 6.07) is 0. The first-order valence-electron chi connectivity index (χ1n) is 6.56. The zero-order chi connectivity index (χ0) is 13.1. The van der Waals surface area contributed by atoms with Crippen LogP contribution >= 0.6 is 11.3 Å². The van der Waals surface area contributed by atoms with E-state index in [0.29, 0.717) is 12.5 Å². The highest BCUT2D eigenvalue weighted by Gasteiger charge is 2.30. The first-order valence-corrected chi connectivity index (χ1v) is 7.38. The van der Waals surface area contributed by atoms with E-state index in [4.69, 9.17) is 5.73 Å². The van der Waals surface area contributed by atoms with Gasteiger partial charge in [-0.05, 0) is 39.2 Å². The van der Waals surface area contributed by atoms with Crippen LogP contribution in [0.15, 0.2) is 0 Å². The number of aromatic nitrogens is 1. The van der Waals surface area contributed by atoms with E-state index < -0.39 is 0 Å². The summed E-state index contributed by atoms with van der Waals surface area (Å²) in [5.41, 5.74) is 6.75. The van der Waals surface area contributed by atoms with Gasteiger partial charge in [-0.1, -0.05) is 12.8 Å². The Labute approximate surface area is 112 Å². The molecule has 18 heavy (non-hydrogen) atoms. The molecule has 0 radical (unpaired) electrons. The van der Waals surface area contributed by atoms with Gasteiger partial charge in [0.1, 0.15) is 0 Å². The molecule has 4 nitrogen and oxygen atoms in total. The molecule has 3 N–H and O–H groups in total. The fraction of sp³-hybridized carbons (Fsp3) is 0.692. The Morgan fingerprint density at radius 3 is 2.78 bits per heavy atom. The third kappa shape index (κ3) is 2.90. The summed E-state index contributed by atoms with van der Waals surface area (Å²) in [4.78, 5) is 17.8. The molecule has 1 aliphatic rings. The van der Waals surface area contributed by atoms with Gasteiger partial charge in [-0.3, -0.25) is 4.79 Å². The number of nitrogens with two attached hydrogens (primary N) is 1. The Bertz CT molecular complexity index is 410. The topological polar surface area (TPSA) is 68.0 Å². The molecule has 0 spiro atoms. The predicted octanol–water partition coefficient (Wildman–Crippen LogP) is 2.46. The number of hydrogen-bond acceptors (Lipinski definition) is 4. The number of carbonyl (C=O) groups is 1. The Hall–Kier alpha value is -0.940. The standard InChI is InChI=1S/C13H21N3OS/c1-8-9(2)18-13(15-8)16-12(17)11-6-4-3-5-10(11)7-14/h10-11H,3-7,14H2,1-2H3,(H,15,16,17). The molecular formula is C13H21N3OS. The minimum atomic E-state index is 0.0632. The van der Waals surface area contributed by atoms with Crippen molar-refractivity contribution in [3.8, 4) is 0 Å². The van der Waals surface area contributed by atoms with Crippen LogP contribution in [-0.2, 0) is 4.79 Å². The van der Waals surface area contributed by atoms with Crippen molar-refractivity contribution < 1.29 is 4.79 Å². The Morgan fingerprint density at radius 2 is 2.17 bits per heavy atom. The molecule has 0 aliphatic heterocycles. The lowest BCUT2D eigenvalue weighted by Gasteiger charge is -2.29. The second-order valence-electron chi connectivity index (χ2n) is 5.04. The zero-order valence-electron chi connectivity index (χ0n) is 11.0. The van der Waals surface area contributed by atoms with Crippen LogP contribution < -0.4 is 11.1 Å².